The van der Waals surface area contributed by atoms with Gasteiger partial charge in [0.15, 0.2) is 0 Å². The molecule has 0 saturated heterocycles. The minimum absolute atomic E-state index is 0. The second kappa shape index (κ2) is 24.4. The molecule has 0 heterocycles. The predicted octanol–water partition coefficient (Wildman–Crippen LogP) is -0.553. The van der Waals surface area contributed by atoms with Crippen molar-refractivity contribution in [2.45, 2.75) is 27.7 Å². The van der Waals surface area contributed by atoms with Crippen LogP contribution < -0.4 is 0 Å². The van der Waals surface area contributed by atoms with Crippen LogP contribution in [-0.4, -0.2) is 82.0 Å². The zero-order valence-corrected chi connectivity index (χ0v) is 9.42. The number of aliphatic carboxylic acids is 4. The summed E-state index contributed by atoms with van der Waals surface area (Å²) in [5.41, 5.74) is 0. The third-order valence-electron chi connectivity index (χ3n) is 0. The van der Waals surface area contributed by atoms with Gasteiger partial charge in [-0.2, -0.15) is 0 Å². The maximum atomic E-state index is 9.00. The molecule has 0 radical (unpaired) electrons. The Morgan fingerprint density at radius 3 is 0.529 bits per heavy atom. The van der Waals surface area contributed by atoms with Gasteiger partial charge < -0.3 is 20.4 Å². The first-order valence-electron chi connectivity index (χ1n) is 3.71. The van der Waals surface area contributed by atoms with Crippen LogP contribution in [0.25, 0.3) is 0 Å². The molecule has 0 fully saturated rings. The summed E-state index contributed by atoms with van der Waals surface area (Å²) in [5, 5.41) is 29.7. The van der Waals surface area contributed by atoms with Crippen molar-refractivity contribution in [2.24, 2.45) is 0 Å². The fourth-order valence-electron chi connectivity index (χ4n) is 0. The number of rotatable bonds is 0. The second-order valence-corrected chi connectivity index (χ2v) is 2.08. The Balaban J connectivity index is -0.0000000369. The minimum atomic E-state index is -0.833. The Bertz CT molecular complexity index is 162. The van der Waals surface area contributed by atoms with Gasteiger partial charge in [0.1, 0.15) is 0 Å². The standard InChI is InChI=1S/4C2H4O2.Ca.2H/c4*1-2(3)4;;;/h4*1H3,(H,3,4);;;. The van der Waals surface area contributed by atoms with Gasteiger partial charge in [0.2, 0.25) is 0 Å². The number of carboxylic acids is 4. The molecule has 0 amide bonds. The summed E-state index contributed by atoms with van der Waals surface area (Å²) in [6.45, 7) is 4.33. The average Bonchev–Trinajstić information content (AvgIpc) is 1.76. The molecule has 0 atom stereocenters. The van der Waals surface area contributed by atoms with E-state index in [4.69, 9.17) is 39.6 Å². The molecule has 0 spiro atoms. The topological polar surface area (TPSA) is 149 Å². The predicted molar refractivity (Wildman–Crippen MR) is 61.8 cm³/mol. The van der Waals surface area contributed by atoms with Gasteiger partial charge in [0, 0.05) is 27.7 Å². The molecule has 8 nitrogen and oxygen atoms in total. The van der Waals surface area contributed by atoms with E-state index >= 15 is 0 Å². The molecule has 0 aliphatic heterocycles. The third-order valence-corrected chi connectivity index (χ3v) is 0. The molecule has 0 aromatic heterocycles. The van der Waals surface area contributed by atoms with Crippen LogP contribution in [0.3, 0.4) is 0 Å². The zero-order chi connectivity index (χ0) is 14.3. The fourth-order valence-corrected chi connectivity index (χ4v) is 0. The summed E-state index contributed by atoms with van der Waals surface area (Å²) in [6, 6.07) is 0. The van der Waals surface area contributed by atoms with Gasteiger partial charge >= 0.3 is 37.7 Å². The van der Waals surface area contributed by atoms with Crippen LogP contribution in [0, 0.1) is 0 Å². The molecular weight excluding hydrogens is 264 g/mol. The third kappa shape index (κ3) is 3530. The number of hydrogen-bond acceptors (Lipinski definition) is 4. The second-order valence-electron chi connectivity index (χ2n) is 2.08. The van der Waals surface area contributed by atoms with Crippen LogP contribution >= 0.6 is 0 Å². The Morgan fingerprint density at radius 1 is 0.529 bits per heavy atom. The van der Waals surface area contributed by atoms with Crippen molar-refractivity contribution >= 4 is 61.6 Å². The van der Waals surface area contributed by atoms with Gasteiger partial charge in [-0.25, -0.2) is 0 Å². The first kappa shape index (κ1) is 29.8. The quantitative estimate of drug-likeness (QED) is 0.432. The van der Waals surface area contributed by atoms with E-state index in [2.05, 4.69) is 0 Å². The molecule has 0 bridgehead atoms. The van der Waals surface area contributed by atoms with Crippen LogP contribution in [0.15, 0.2) is 0 Å². The molecule has 0 unspecified atom stereocenters. The van der Waals surface area contributed by atoms with Crippen molar-refractivity contribution in [1.29, 1.82) is 0 Å². The Morgan fingerprint density at radius 2 is 0.529 bits per heavy atom. The molecule has 0 aromatic rings. The van der Waals surface area contributed by atoms with Gasteiger partial charge in [-0.3, -0.25) is 19.2 Å². The summed E-state index contributed by atoms with van der Waals surface area (Å²) < 4.78 is 0. The van der Waals surface area contributed by atoms with Crippen molar-refractivity contribution in [3.05, 3.63) is 0 Å². The first-order valence-corrected chi connectivity index (χ1v) is 3.71. The van der Waals surface area contributed by atoms with Crippen molar-refractivity contribution in [3.8, 4) is 0 Å². The number of carbonyl (C=O) groups is 4. The van der Waals surface area contributed by atoms with Crippen LogP contribution in [0.2, 0.25) is 0 Å². The van der Waals surface area contributed by atoms with E-state index in [0.717, 1.165) is 27.7 Å². The van der Waals surface area contributed by atoms with Crippen molar-refractivity contribution < 1.29 is 39.6 Å². The Kier molecular flexibility index (Phi) is 42.8. The van der Waals surface area contributed by atoms with Crippen LogP contribution in [-0.2, 0) is 19.2 Å². The van der Waals surface area contributed by atoms with E-state index in [1.807, 2.05) is 0 Å². The summed E-state index contributed by atoms with van der Waals surface area (Å²) in [6.07, 6.45) is 0. The van der Waals surface area contributed by atoms with E-state index in [0.29, 0.717) is 0 Å². The molecule has 0 rings (SSSR count). The molecule has 4 N–H and O–H groups in total. The van der Waals surface area contributed by atoms with E-state index in [-0.39, 0.29) is 37.7 Å². The SMILES string of the molecule is CC(=O)O.CC(=O)O.CC(=O)O.CC(=O)O.[CaH2]. The zero-order valence-electron chi connectivity index (χ0n) is 9.42. The molecule has 9 heteroatoms. The monoisotopic (exact) mass is 282 g/mol. The van der Waals surface area contributed by atoms with Crippen molar-refractivity contribution in [1.82, 2.24) is 0 Å². The summed E-state index contributed by atoms with van der Waals surface area (Å²) in [5.74, 6) is -3.33. The number of hydrogen-bond donors (Lipinski definition) is 4. The number of carboxylic acid groups (broad SMARTS) is 4. The summed E-state index contributed by atoms with van der Waals surface area (Å²) in [7, 11) is 0. The van der Waals surface area contributed by atoms with Crippen LogP contribution in [0.4, 0.5) is 0 Å². The van der Waals surface area contributed by atoms with Gasteiger partial charge in [0.25, 0.3) is 23.9 Å². The summed E-state index contributed by atoms with van der Waals surface area (Å²) >= 11 is 0. The van der Waals surface area contributed by atoms with Gasteiger partial charge in [0.05, 0.1) is 0 Å². The normalized spacial score (nSPS) is 5.88. The van der Waals surface area contributed by atoms with Gasteiger partial charge in [-0.15, -0.1) is 0 Å². The molecular formula is C8H18CaO8. The molecule has 0 aliphatic rings. The molecule has 0 aliphatic carbocycles. The Labute approximate surface area is 128 Å². The van der Waals surface area contributed by atoms with E-state index < -0.39 is 23.9 Å². The van der Waals surface area contributed by atoms with E-state index in [1.165, 1.54) is 0 Å². The first-order chi connectivity index (χ1) is 6.93. The van der Waals surface area contributed by atoms with E-state index in [9.17, 15) is 0 Å². The molecule has 100 valence electrons. The van der Waals surface area contributed by atoms with Crippen LogP contribution in [0.5, 0.6) is 0 Å². The van der Waals surface area contributed by atoms with Crippen molar-refractivity contribution in [2.75, 3.05) is 0 Å². The molecule has 17 heavy (non-hydrogen) atoms. The Hall–Kier alpha value is -0.860. The molecule has 0 aromatic carbocycles. The van der Waals surface area contributed by atoms with E-state index in [1.54, 1.807) is 0 Å². The van der Waals surface area contributed by atoms with Gasteiger partial charge in [-0.1, -0.05) is 0 Å². The van der Waals surface area contributed by atoms with Crippen molar-refractivity contribution in [3.63, 3.8) is 0 Å². The van der Waals surface area contributed by atoms with Crippen LogP contribution in [0.1, 0.15) is 27.7 Å². The fraction of sp³-hybridized carbons (Fsp3) is 0.500. The average molecular weight is 282 g/mol. The van der Waals surface area contributed by atoms with Gasteiger partial charge in [-0.05, 0) is 0 Å². The summed E-state index contributed by atoms with van der Waals surface area (Å²) in [4.78, 5) is 36.0. The maximum absolute atomic E-state index is 9.00. The molecule has 0 saturated carbocycles.